The van der Waals surface area contributed by atoms with Crippen LogP contribution in [0.25, 0.3) is 0 Å². The van der Waals surface area contributed by atoms with Crippen LogP contribution in [-0.2, 0) is 4.74 Å². The third kappa shape index (κ3) is 4.33. The Bertz CT molecular complexity index is 465. The molecule has 0 saturated carbocycles. The lowest BCUT2D eigenvalue weighted by Crippen LogP contribution is -2.50. The van der Waals surface area contributed by atoms with Crippen LogP contribution in [0.3, 0.4) is 0 Å². The number of carbonyl (C=O) groups is 2. The number of hydrogen-bond acceptors (Lipinski definition) is 3. The maximum Gasteiger partial charge on any atom is 0.426 e. The second-order valence-electron chi connectivity index (χ2n) is 3.82. The molecular formula is C12H16ClN3O3. The highest BCUT2D eigenvalue weighted by molar-refractivity contribution is 6.30. The van der Waals surface area contributed by atoms with E-state index in [0.717, 1.165) is 5.01 Å². The van der Waals surface area contributed by atoms with E-state index in [1.165, 1.54) is 4.90 Å². The quantitative estimate of drug-likeness (QED) is 0.849. The fourth-order valence-corrected chi connectivity index (χ4v) is 1.48. The average molecular weight is 286 g/mol. The molecule has 1 N–H and O–H groups in total. The van der Waals surface area contributed by atoms with Crippen LogP contribution in [0.1, 0.15) is 6.92 Å². The first-order valence-corrected chi connectivity index (χ1v) is 6.04. The molecule has 0 fully saturated rings. The van der Waals surface area contributed by atoms with Crippen molar-refractivity contribution in [2.75, 3.05) is 25.7 Å². The number of amides is 3. The van der Waals surface area contributed by atoms with Gasteiger partial charge in [-0.25, -0.2) is 15.0 Å². The summed E-state index contributed by atoms with van der Waals surface area (Å²) in [6.45, 7) is 1.89. The molecule has 1 aromatic carbocycles. The van der Waals surface area contributed by atoms with Crippen LogP contribution in [0.15, 0.2) is 24.3 Å². The Labute approximate surface area is 116 Å². The average Bonchev–Trinajstić information content (AvgIpc) is 2.35. The summed E-state index contributed by atoms with van der Waals surface area (Å²) >= 11 is 5.88. The number of benzene rings is 1. The van der Waals surface area contributed by atoms with Crippen molar-refractivity contribution in [3.63, 3.8) is 0 Å². The molecule has 19 heavy (non-hydrogen) atoms. The molecule has 104 valence electrons. The van der Waals surface area contributed by atoms with Gasteiger partial charge in [0.05, 0.1) is 12.3 Å². The SMILES string of the molecule is CCOC(=O)NN(C(=O)N(C)C)c1cccc(Cl)c1. The summed E-state index contributed by atoms with van der Waals surface area (Å²) in [5.41, 5.74) is 2.81. The van der Waals surface area contributed by atoms with E-state index >= 15 is 0 Å². The number of hydrazine groups is 1. The number of nitrogens with one attached hydrogen (secondary N) is 1. The first-order chi connectivity index (χ1) is 8.95. The van der Waals surface area contributed by atoms with E-state index in [1.807, 2.05) is 0 Å². The van der Waals surface area contributed by atoms with Gasteiger partial charge in [-0.3, -0.25) is 0 Å². The second kappa shape index (κ2) is 6.84. The zero-order valence-electron chi connectivity index (χ0n) is 11.0. The number of hydrogen-bond donors (Lipinski definition) is 1. The number of urea groups is 1. The van der Waals surface area contributed by atoms with Crippen molar-refractivity contribution in [2.24, 2.45) is 0 Å². The molecule has 0 heterocycles. The molecule has 0 aliphatic rings. The molecule has 0 unspecified atom stereocenters. The van der Waals surface area contributed by atoms with Crippen LogP contribution in [0.4, 0.5) is 15.3 Å². The molecule has 0 aliphatic carbocycles. The van der Waals surface area contributed by atoms with Crippen LogP contribution < -0.4 is 10.4 Å². The van der Waals surface area contributed by atoms with Gasteiger partial charge in [-0.2, -0.15) is 5.01 Å². The molecule has 0 aliphatic heterocycles. The van der Waals surface area contributed by atoms with Crippen LogP contribution in [-0.4, -0.2) is 37.7 Å². The Morgan fingerprint density at radius 2 is 2.05 bits per heavy atom. The minimum Gasteiger partial charge on any atom is -0.449 e. The van der Waals surface area contributed by atoms with E-state index in [9.17, 15) is 9.59 Å². The van der Waals surface area contributed by atoms with Crippen LogP contribution >= 0.6 is 11.6 Å². The highest BCUT2D eigenvalue weighted by Crippen LogP contribution is 2.19. The van der Waals surface area contributed by atoms with Crippen LogP contribution in [0.2, 0.25) is 5.02 Å². The molecule has 3 amide bonds. The van der Waals surface area contributed by atoms with E-state index in [-0.39, 0.29) is 6.61 Å². The largest absolute Gasteiger partial charge is 0.449 e. The summed E-state index contributed by atoms with van der Waals surface area (Å²) in [5.74, 6) is 0. The highest BCUT2D eigenvalue weighted by Gasteiger charge is 2.20. The Morgan fingerprint density at radius 3 is 2.58 bits per heavy atom. The number of nitrogens with zero attached hydrogens (tertiary/aromatic N) is 2. The van der Waals surface area contributed by atoms with Gasteiger partial charge < -0.3 is 9.64 Å². The summed E-state index contributed by atoms with van der Waals surface area (Å²) < 4.78 is 4.76. The lowest BCUT2D eigenvalue weighted by Gasteiger charge is -2.26. The molecule has 0 saturated heterocycles. The molecule has 6 nitrogen and oxygen atoms in total. The molecule has 0 spiro atoms. The summed E-state index contributed by atoms with van der Waals surface area (Å²) in [4.78, 5) is 24.8. The van der Waals surface area contributed by atoms with E-state index in [1.54, 1.807) is 45.3 Å². The van der Waals surface area contributed by atoms with Gasteiger partial charge in [-0.05, 0) is 25.1 Å². The van der Waals surface area contributed by atoms with Gasteiger partial charge in [0.1, 0.15) is 0 Å². The topological polar surface area (TPSA) is 61.9 Å². The van der Waals surface area contributed by atoms with E-state index < -0.39 is 12.1 Å². The van der Waals surface area contributed by atoms with Crippen molar-refractivity contribution in [3.8, 4) is 0 Å². The molecule has 1 aromatic rings. The van der Waals surface area contributed by atoms with E-state index in [4.69, 9.17) is 16.3 Å². The monoisotopic (exact) mass is 285 g/mol. The Hall–Kier alpha value is -1.95. The summed E-state index contributed by atoms with van der Waals surface area (Å²) in [6.07, 6.45) is -0.710. The molecule has 0 aromatic heterocycles. The van der Waals surface area contributed by atoms with Crippen molar-refractivity contribution in [1.82, 2.24) is 10.3 Å². The number of anilines is 1. The zero-order chi connectivity index (χ0) is 14.4. The molecule has 0 bridgehead atoms. The van der Waals surface area contributed by atoms with E-state index in [0.29, 0.717) is 10.7 Å². The third-order valence-electron chi connectivity index (χ3n) is 2.12. The van der Waals surface area contributed by atoms with Crippen molar-refractivity contribution >= 4 is 29.4 Å². The molecule has 7 heteroatoms. The third-order valence-corrected chi connectivity index (χ3v) is 2.35. The maximum absolute atomic E-state index is 12.0. The standard InChI is InChI=1S/C12H16ClN3O3/c1-4-19-11(17)14-16(12(18)15(2)3)10-7-5-6-9(13)8-10/h5-8H,4H2,1-3H3,(H,14,17). The van der Waals surface area contributed by atoms with Crippen molar-refractivity contribution in [2.45, 2.75) is 6.92 Å². The normalized spacial score (nSPS) is 9.68. The first-order valence-electron chi connectivity index (χ1n) is 5.66. The second-order valence-corrected chi connectivity index (χ2v) is 4.26. The summed E-state index contributed by atoms with van der Waals surface area (Å²) in [7, 11) is 3.15. The minimum absolute atomic E-state index is 0.214. The van der Waals surface area contributed by atoms with Gasteiger partial charge in [0.2, 0.25) is 0 Å². The molecule has 1 rings (SSSR count). The van der Waals surface area contributed by atoms with Crippen LogP contribution in [0.5, 0.6) is 0 Å². The maximum atomic E-state index is 12.0. The van der Waals surface area contributed by atoms with Gasteiger partial charge in [-0.1, -0.05) is 17.7 Å². The smallest absolute Gasteiger partial charge is 0.426 e. The van der Waals surface area contributed by atoms with Crippen LogP contribution in [0, 0.1) is 0 Å². The highest BCUT2D eigenvalue weighted by atomic mass is 35.5. The molecular weight excluding hydrogens is 270 g/mol. The van der Waals surface area contributed by atoms with Gasteiger partial charge in [-0.15, -0.1) is 0 Å². The number of rotatable bonds is 2. The van der Waals surface area contributed by atoms with Crippen molar-refractivity contribution < 1.29 is 14.3 Å². The van der Waals surface area contributed by atoms with Crippen molar-refractivity contribution in [1.29, 1.82) is 0 Å². The van der Waals surface area contributed by atoms with Gasteiger partial charge in [0, 0.05) is 19.1 Å². The van der Waals surface area contributed by atoms with Gasteiger partial charge in [0.15, 0.2) is 0 Å². The Kier molecular flexibility index (Phi) is 5.44. The lowest BCUT2D eigenvalue weighted by molar-refractivity contribution is 0.150. The number of ether oxygens (including phenoxy) is 1. The van der Waals surface area contributed by atoms with Gasteiger partial charge in [0.25, 0.3) is 0 Å². The van der Waals surface area contributed by atoms with Gasteiger partial charge >= 0.3 is 12.1 Å². The Balaban J connectivity index is 2.98. The summed E-state index contributed by atoms with van der Waals surface area (Å²) in [5, 5.41) is 1.53. The fourth-order valence-electron chi connectivity index (χ4n) is 1.29. The molecule has 0 atom stereocenters. The number of carbonyl (C=O) groups excluding carboxylic acids is 2. The number of halogens is 1. The Morgan fingerprint density at radius 1 is 1.37 bits per heavy atom. The lowest BCUT2D eigenvalue weighted by atomic mass is 10.3. The molecule has 0 radical (unpaired) electrons. The fraction of sp³-hybridized carbons (Fsp3) is 0.333. The van der Waals surface area contributed by atoms with E-state index in [2.05, 4.69) is 5.43 Å². The zero-order valence-corrected chi connectivity index (χ0v) is 11.8. The minimum atomic E-state index is -0.710. The predicted octanol–water partition coefficient (Wildman–Crippen LogP) is 2.49. The van der Waals surface area contributed by atoms with Crippen molar-refractivity contribution in [3.05, 3.63) is 29.3 Å². The summed E-state index contributed by atoms with van der Waals surface area (Å²) in [6, 6.07) is 6.15. The first kappa shape index (κ1) is 15.1. The predicted molar refractivity (Wildman–Crippen MR) is 73.2 cm³/mol.